The number of benzene rings is 1. The Balaban J connectivity index is 2.00. The molecule has 1 atom stereocenters. The van der Waals surface area contributed by atoms with Crippen molar-refractivity contribution < 1.29 is 9.53 Å². The Morgan fingerprint density at radius 2 is 2.16 bits per heavy atom. The Labute approximate surface area is 114 Å². The molecule has 0 spiro atoms. The highest BCUT2D eigenvalue weighted by molar-refractivity contribution is 5.74. The first-order valence-corrected chi connectivity index (χ1v) is 6.77. The number of methoxy groups -OCH3 is 1. The van der Waals surface area contributed by atoms with Crippen molar-refractivity contribution in [3.63, 3.8) is 0 Å². The lowest BCUT2D eigenvalue weighted by Gasteiger charge is -2.26. The van der Waals surface area contributed by atoms with Gasteiger partial charge >= 0.3 is 6.03 Å². The monoisotopic (exact) mass is 262 g/mol. The number of nitrogens with one attached hydrogen (secondary N) is 1. The number of carbonyl (C=O) groups excluding carboxylic acids is 1. The summed E-state index contributed by atoms with van der Waals surface area (Å²) in [5.41, 5.74) is 1.02. The normalized spacial score (nSPS) is 15.7. The highest BCUT2D eigenvalue weighted by Crippen LogP contribution is 2.29. The minimum atomic E-state index is -0.0229. The van der Waals surface area contributed by atoms with Crippen LogP contribution in [0.15, 0.2) is 24.3 Å². The topological polar surface area (TPSA) is 41.6 Å². The molecule has 0 aliphatic heterocycles. The first-order valence-electron chi connectivity index (χ1n) is 6.77. The molecule has 1 aliphatic carbocycles. The lowest BCUT2D eigenvalue weighted by Crippen LogP contribution is -2.39. The largest absolute Gasteiger partial charge is 0.496 e. The molecule has 0 heterocycles. The number of para-hydroxylation sites is 1. The number of hydrogen-bond acceptors (Lipinski definition) is 2. The van der Waals surface area contributed by atoms with Gasteiger partial charge in [0.05, 0.1) is 13.2 Å². The van der Waals surface area contributed by atoms with E-state index < -0.39 is 0 Å². The maximum Gasteiger partial charge on any atom is 0.317 e. The zero-order valence-electron chi connectivity index (χ0n) is 11.8. The van der Waals surface area contributed by atoms with E-state index in [0.717, 1.165) is 17.9 Å². The Morgan fingerprint density at radius 3 is 2.79 bits per heavy atom. The van der Waals surface area contributed by atoms with E-state index in [1.54, 1.807) is 12.0 Å². The lowest BCUT2D eigenvalue weighted by molar-refractivity contribution is 0.193. The molecular weight excluding hydrogens is 240 g/mol. The first kappa shape index (κ1) is 13.7. The van der Waals surface area contributed by atoms with Crippen molar-refractivity contribution in [2.75, 3.05) is 20.7 Å². The molecule has 4 nitrogen and oxygen atoms in total. The molecular formula is C15H22N2O2. The van der Waals surface area contributed by atoms with Crippen LogP contribution in [0.1, 0.15) is 31.4 Å². The van der Waals surface area contributed by atoms with Crippen LogP contribution in [0, 0.1) is 5.92 Å². The van der Waals surface area contributed by atoms with Crippen molar-refractivity contribution >= 4 is 6.03 Å². The third-order valence-corrected chi connectivity index (χ3v) is 3.73. The highest BCUT2D eigenvalue weighted by atomic mass is 16.5. The van der Waals surface area contributed by atoms with E-state index in [9.17, 15) is 4.79 Å². The van der Waals surface area contributed by atoms with E-state index in [1.165, 1.54) is 12.8 Å². The summed E-state index contributed by atoms with van der Waals surface area (Å²) in [4.78, 5) is 13.8. The van der Waals surface area contributed by atoms with Gasteiger partial charge in [0.15, 0.2) is 0 Å². The molecule has 0 bridgehead atoms. The number of ether oxygens (including phenoxy) is 1. The van der Waals surface area contributed by atoms with Gasteiger partial charge in [-0.05, 0) is 31.7 Å². The molecule has 1 aromatic rings. The first-order chi connectivity index (χ1) is 9.13. The third kappa shape index (κ3) is 3.40. The summed E-state index contributed by atoms with van der Waals surface area (Å²) in [5, 5.41) is 2.98. The number of carbonyl (C=O) groups is 1. The fourth-order valence-electron chi connectivity index (χ4n) is 2.07. The summed E-state index contributed by atoms with van der Waals surface area (Å²) in [6.07, 6.45) is 2.48. The maximum atomic E-state index is 12.1. The second-order valence-electron chi connectivity index (χ2n) is 5.16. The van der Waals surface area contributed by atoms with Gasteiger partial charge in [0.25, 0.3) is 0 Å². The van der Waals surface area contributed by atoms with Gasteiger partial charge in [-0.2, -0.15) is 0 Å². The Bertz CT molecular complexity index is 444. The van der Waals surface area contributed by atoms with Gasteiger partial charge < -0.3 is 15.0 Å². The number of amides is 2. The van der Waals surface area contributed by atoms with Crippen LogP contribution in [0.5, 0.6) is 5.75 Å². The van der Waals surface area contributed by atoms with Crippen molar-refractivity contribution in [1.82, 2.24) is 10.2 Å². The number of urea groups is 1. The van der Waals surface area contributed by atoms with Gasteiger partial charge in [-0.1, -0.05) is 18.2 Å². The summed E-state index contributed by atoms with van der Waals surface area (Å²) in [5.74, 6) is 1.51. The molecule has 2 amide bonds. The highest BCUT2D eigenvalue weighted by Gasteiger charge is 2.24. The molecule has 1 fully saturated rings. The SMILES string of the molecule is COc1ccccc1C(C)N(C)C(=O)NCC1CC1. The predicted octanol–water partition coefficient (Wildman–Crippen LogP) is 2.81. The zero-order valence-corrected chi connectivity index (χ0v) is 11.8. The zero-order chi connectivity index (χ0) is 13.8. The van der Waals surface area contributed by atoms with Crippen LogP contribution in [0.25, 0.3) is 0 Å². The molecule has 0 aromatic heterocycles. The second kappa shape index (κ2) is 5.95. The Kier molecular flexibility index (Phi) is 4.30. The molecule has 1 saturated carbocycles. The van der Waals surface area contributed by atoms with Gasteiger partial charge in [0.2, 0.25) is 0 Å². The molecule has 1 unspecified atom stereocenters. The Hall–Kier alpha value is -1.71. The summed E-state index contributed by atoms with van der Waals surface area (Å²) >= 11 is 0. The molecule has 0 saturated heterocycles. The molecule has 1 N–H and O–H groups in total. The van der Waals surface area contributed by atoms with Gasteiger partial charge in [0, 0.05) is 19.2 Å². The summed E-state index contributed by atoms with van der Waals surface area (Å²) in [7, 11) is 3.47. The van der Waals surface area contributed by atoms with Crippen LogP contribution in [0.3, 0.4) is 0 Å². The van der Waals surface area contributed by atoms with Crippen molar-refractivity contribution in [3.8, 4) is 5.75 Å². The standard InChI is InChI=1S/C15H22N2O2/c1-11(13-6-4-5-7-14(13)19-3)17(2)15(18)16-10-12-8-9-12/h4-7,11-12H,8-10H2,1-3H3,(H,16,18). The van der Waals surface area contributed by atoms with Crippen LogP contribution < -0.4 is 10.1 Å². The van der Waals surface area contributed by atoms with Crippen LogP contribution >= 0.6 is 0 Å². The fourth-order valence-corrected chi connectivity index (χ4v) is 2.07. The number of rotatable bonds is 5. The minimum Gasteiger partial charge on any atom is -0.496 e. The molecule has 1 aliphatic rings. The molecule has 4 heteroatoms. The minimum absolute atomic E-state index is 0.0182. The average Bonchev–Trinajstić information content (AvgIpc) is 3.27. The molecule has 1 aromatic carbocycles. The predicted molar refractivity (Wildman–Crippen MR) is 75.3 cm³/mol. The average molecular weight is 262 g/mol. The van der Waals surface area contributed by atoms with E-state index in [2.05, 4.69) is 5.32 Å². The van der Waals surface area contributed by atoms with Gasteiger partial charge in [-0.15, -0.1) is 0 Å². The maximum absolute atomic E-state index is 12.1. The lowest BCUT2D eigenvalue weighted by atomic mass is 10.1. The summed E-state index contributed by atoms with van der Waals surface area (Å²) in [6, 6.07) is 7.77. The summed E-state index contributed by atoms with van der Waals surface area (Å²) in [6.45, 7) is 2.80. The molecule has 2 rings (SSSR count). The number of nitrogens with zero attached hydrogens (tertiary/aromatic N) is 1. The molecule has 104 valence electrons. The van der Waals surface area contributed by atoms with E-state index in [0.29, 0.717) is 5.92 Å². The third-order valence-electron chi connectivity index (χ3n) is 3.73. The van der Waals surface area contributed by atoms with Crippen LogP contribution in [-0.2, 0) is 0 Å². The fraction of sp³-hybridized carbons (Fsp3) is 0.533. The number of hydrogen-bond donors (Lipinski definition) is 1. The van der Waals surface area contributed by atoms with Gasteiger partial charge in [-0.3, -0.25) is 0 Å². The smallest absolute Gasteiger partial charge is 0.317 e. The Morgan fingerprint density at radius 1 is 1.47 bits per heavy atom. The van der Waals surface area contributed by atoms with E-state index in [-0.39, 0.29) is 12.1 Å². The quantitative estimate of drug-likeness (QED) is 0.886. The molecule has 0 radical (unpaired) electrons. The van der Waals surface area contributed by atoms with E-state index >= 15 is 0 Å². The summed E-state index contributed by atoms with van der Waals surface area (Å²) < 4.78 is 5.35. The van der Waals surface area contributed by atoms with Gasteiger partial charge in [0.1, 0.15) is 5.75 Å². The van der Waals surface area contributed by atoms with Crippen molar-refractivity contribution in [1.29, 1.82) is 0 Å². The second-order valence-corrected chi connectivity index (χ2v) is 5.16. The van der Waals surface area contributed by atoms with Gasteiger partial charge in [-0.25, -0.2) is 4.79 Å². The van der Waals surface area contributed by atoms with Crippen LogP contribution in [0.4, 0.5) is 4.79 Å². The molecule has 19 heavy (non-hydrogen) atoms. The van der Waals surface area contributed by atoms with E-state index in [1.807, 2.05) is 38.2 Å². The van der Waals surface area contributed by atoms with Crippen LogP contribution in [-0.4, -0.2) is 31.6 Å². The van der Waals surface area contributed by atoms with Crippen molar-refractivity contribution in [2.45, 2.75) is 25.8 Å². The van der Waals surface area contributed by atoms with Crippen LogP contribution in [0.2, 0.25) is 0 Å². The van der Waals surface area contributed by atoms with Crippen molar-refractivity contribution in [3.05, 3.63) is 29.8 Å². The van der Waals surface area contributed by atoms with Crippen molar-refractivity contribution in [2.24, 2.45) is 5.92 Å². The van der Waals surface area contributed by atoms with E-state index in [4.69, 9.17) is 4.74 Å².